The molecule has 150 valence electrons. The van der Waals surface area contributed by atoms with Crippen LogP contribution in [0.2, 0.25) is 5.02 Å². The number of sulfone groups is 1. The fourth-order valence-corrected chi connectivity index (χ4v) is 3.77. The van der Waals surface area contributed by atoms with Gasteiger partial charge in [0.2, 0.25) is 0 Å². The topological polar surface area (TPSA) is 101 Å². The van der Waals surface area contributed by atoms with Gasteiger partial charge in [-0.25, -0.2) is 18.4 Å². The number of nitrogens with one attached hydrogen (secondary N) is 1. The fourth-order valence-electron chi connectivity index (χ4n) is 3.01. The van der Waals surface area contributed by atoms with E-state index in [1.165, 1.54) is 0 Å². The van der Waals surface area contributed by atoms with E-state index in [-0.39, 0.29) is 27.8 Å². The molecule has 1 fully saturated rings. The summed E-state index contributed by atoms with van der Waals surface area (Å²) in [6.07, 6.45) is 3.94. The van der Waals surface area contributed by atoms with Gasteiger partial charge in [0.05, 0.1) is 34.7 Å². The highest BCUT2D eigenvalue weighted by atomic mass is 35.5. The van der Waals surface area contributed by atoms with Crippen LogP contribution < -0.4 is 10.2 Å². The largest absolute Gasteiger partial charge is 0.372 e. The molecule has 0 radical (unpaired) electrons. The molecule has 2 aromatic heterocycles. The van der Waals surface area contributed by atoms with Gasteiger partial charge in [-0.1, -0.05) is 11.6 Å². The van der Waals surface area contributed by atoms with Crippen LogP contribution in [0, 0.1) is 0 Å². The van der Waals surface area contributed by atoms with Crippen LogP contribution in [0.4, 0.5) is 11.5 Å². The summed E-state index contributed by atoms with van der Waals surface area (Å²) in [6, 6.07) is 4.71. The Hall–Kier alpha value is -2.23. The van der Waals surface area contributed by atoms with E-state index in [1.807, 2.05) is 19.9 Å². The molecule has 0 saturated carbocycles. The van der Waals surface area contributed by atoms with Crippen LogP contribution in [0.25, 0.3) is 0 Å². The Bertz CT molecular complexity index is 972. The second kappa shape index (κ2) is 8.02. The van der Waals surface area contributed by atoms with Gasteiger partial charge >= 0.3 is 0 Å². The second-order valence-electron chi connectivity index (χ2n) is 6.80. The minimum absolute atomic E-state index is 0.0250. The average Bonchev–Trinajstić information content (AvgIpc) is 2.60. The molecule has 10 heteroatoms. The summed E-state index contributed by atoms with van der Waals surface area (Å²) in [5.74, 6) is 0.252. The molecule has 1 aliphatic heterocycles. The Morgan fingerprint density at radius 3 is 2.46 bits per heavy atom. The first-order valence-corrected chi connectivity index (χ1v) is 10.9. The molecule has 3 rings (SSSR count). The zero-order valence-corrected chi connectivity index (χ0v) is 17.3. The van der Waals surface area contributed by atoms with Crippen LogP contribution in [-0.4, -0.2) is 55.8 Å². The molecular weight excluding hydrogens is 404 g/mol. The molecule has 3 heterocycles. The minimum atomic E-state index is -3.55. The summed E-state index contributed by atoms with van der Waals surface area (Å²) in [4.78, 5) is 22.8. The highest BCUT2D eigenvalue weighted by Crippen LogP contribution is 2.22. The first kappa shape index (κ1) is 20.5. The standard InChI is InChI=1S/C18H21ClN4O4S/c1-11-9-23(10-12(2)27-11)16-5-4-13(7-20-16)22-18(24)14-6-17(28(3,25)26)21-8-15(14)19/h4-8,11-12H,9-10H2,1-3H3,(H,22,24). The van der Waals surface area contributed by atoms with Crippen molar-refractivity contribution >= 4 is 38.9 Å². The van der Waals surface area contributed by atoms with Gasteiger partial charge in [0.15, 0.2) is 14.9 Å². The molecule has 0 bridgehead atoms. The van der Waals surface area contributed by atoms with Crippen LogP contribution in [-0.2, 0) is 14.6 Å². The van der Waals surface area contributed by atoms with Crippen molar-refractivity contribution in [2.45, 2.75) is 31.1 Å². The predicted molar refractivity (Wildman–Crippen MR) is 107 cm³/mol. The van der Waals surface area contributed by atoms with Gasteiger partial charge in [-0.2, -0.15) is 0 Å². The summed E-state index contributed by atoms with van der Waals surface area (Å²) in [5, 5.41) is 2.52. The van der Waals surface area contributed by atoms with Gasteiger partial charge in [-0.15, -0.1) is 0 Å². The maximum Gasteiger partial charge on any atom is 0.257 e. The van der Waals surface area contributed by atoms with Crippen molar-refractivity contribution in [1.82, 2.24) is 9.97 Å². The number of halogens is 1. The van der Waals surface area contributed by atoms with Crippen molar-refractivity contribution in [2.75, 3.05) is 29.6 Å². The van der Waals surface area contributed by atoms with Crippen molar-refractivity contribution in [2.24, 2.45) is 0 Å². The number of hydrogen-bond acceptors (Lipinski definition) is 7. The number of ether oxygens (including phenoxy) is 1. The number of anilines is 2. The van der Waals surface area contributed by atoms with Crippen LogP contribution in [0.5, 0.6) is 0 Å². The highest BCUT2D eigenvalue weighted by molar-refractivity contribution is 7.90. The lowest BCUT2D eigenvalue weighted by Gasteiger charge is -2.36. The molecule has 2 unspecified atom stereocenters. The third-order valence-corrected chi connectivity index (χ3v) is 5.49. The van der Waals surface area contributed by atoms with E-state index >= 15 is 0 Å². The zero-order valence-electron chi connectivity index (χ0n) is 15.7. The van der Waals surface area contributed by atoms with E-state index in [4.69, 9.17) is 16.3 Å². The number of amides is 1. The third-order valence-electron chi connectivity index (χ3n) is 4.20. The quantitative estimate of drug-likeness (QED) is 0.803. The van der Waals surface area contributed by atoms with Crippen LogP contribution in [0.3, 0.4) is 0 Å². The molecule has 0 aromatic carbocycles. The lowest BCUT2D eigenvalue weighted by molar-refractivity contribution is -0.00545. The van der Waals surface area contributed by atoms with Crippen molar-refractivity contribution in [3.05, 3.63) is 41.2 Å². The molecule has 0 aliphatic carbocycles. The third kappa shape index (κ3) is 4.78. The van der Waals surface area contributed by atoms with Gasteiger partial charge in [-0.05, 0) is 32.0 Å². The first-order valence-electron chi connectivity index (χ1n) is 8.67. The van der Waals surface area contributed by atoms with Gasteiger partial charge in [-0.3, -0.25) is 4.79 Å². The number of morpholine rings is 1. The lowest BCUT2D eigenvalue weighted by Crippen LogP contribution is -2.45. The van der Waals surface area contributed by atoms with Gasteiger partial charge in [0.1, 0.15) is 5.82 Å². The van der Waals surface area contributed by atoms with Crippen molar-refractivity contribution in [1.29, 1.82) is 0 Å². The fraction of sp³-hybridized carbons (Fsp3) is 0.389. The second-order valence-corrected chi connectivity index (χ2v) is 9.17. The van der Waals surface area contributed by atoms with Gasteiger partial charge < -0.3 is 15.0 Å². The van der Waals surface area contributed by atoms with E-state index < -0.39 is 15.7 Å². The highest BCUT2D eigenvalue weighted by Gasteiger charge is 2.23. The number of carbonyl (C=O) groups is 1. The number of hydrogen-bond donors (Lipinski definition) is 1. The normalized spacial score (nSPS) is 20.1. The molecule has 2 aromatic rings. The number of aromatic nitrogens is 2. The van der Waals surface area contributed by atoms with Crippen molar-refractivity contribution < 1.29 is 17.9 Å². The Morgan fingerprint density at radius 1 is 1.21 bits per heavy atom. The molecule has 0 spiro atoms. The number of pyridine rings is 2. The molecule has 2 atom stereocenters. The van der Waals surface area contributed by atoms with Crippen molar-refractivity contribution in [3.63, 3.8) is 0 Å². The van der Waals surface area contributed by atoms with Crippen LogP contribution >= 0.6 is 11.6 Å². The molecular formula is C18H21ClN4O4S. The molecule has 8 nitrogen and oxygen atoms in total. The summed E-state index contributed by atoms with van der Waals surface area (Å²) < 4.78 is 29.0. The smallest absolute Gasteiger partial charge is 0.257 e. The monoisotopic (exact) mass is 424 g/mol. The predicted octanol–water partition coefficient (Wildman–Crippen LogP) is 2.40. The Labute approximate surface area is 168 Å². The van der Waals surface area contributed by atoms with Gasteiger partial charge in [0, 0.05) is 25.5 Å². The van der Waals surface area contributed by atoms with E-state index in [1.54, 1.807) is 12.3 Å². The Kier molecular flexibility index (Phi) is 5.87. The average molecular weight is 425 g/mol. The minimum Gasteiger partial charge on any atom is -0.372 e. The summed E-state index contributed by atoms with van der Waals surface area (Å²) in [7, 11) is -3.55. The van der Waals surface area contributed by atoms with Gasteiger partial charge in [0.25, 0.3) is 5.91 Å². The number of rotatable bonds is 4. The Morgan fingerprint density at radius 2 is 1.89 bits per heavy atom. The summed E-state index contributed by atoms with van der Waals surface area (Å²) in [5.41, 5.74) is 0.494. The molecule has 1 aliphatic rings. The molecule has 1 saturated heterocycles. The SMILES string of the molecule is CC1CN(c2ccc(NC(=O)c3cc(S(C)(=O)=O)ncc3Cl)cn2)CC(C)O1. The maximum atomic E-state index is 12.5. The molecule has 1 amide bonds. The van der Waals surface area contributed by atoms with E-state index in [0.29, 0.717) is 5.69 Å². The summed E-state index contributed by atoms with van der Waals surface area (Å²) in [6.45, 7) is 5.51. The van der Waals surface area contributed by atoms with E-state index in [9.17, 15) is 13.2 Å². The zero-order chi connectivity index (χ0) is 20.5. The van der Waals surface area contributed by atoms with E-state index in [2.05, 4.69) is 20.2 Å². The van der Waals surface area contributed by atoms with Crippen LogP contribution in [0.15, 0.2) is 35.6 Å². The summed E-state index contributed by atoms with van der Waals surface area (Å²) >= 11 is 6.01. The number of carbonyl (C=O) groups excluding carboxylic acids is 1. The Balaban J connectivity index is 1.75. The lowest BCUT2D eigenvalue weighted by atomic mass is 10.2. The van der Waals surface area contributed by atoms with Crippen LogP contribution in [0.1, 0.15) is 24.2 Å². The maximum absolute atomic E-state index is 12.5. The molecule has 28 heavy (non-hydrogen) atoms. The number of nitrogens with zero attached hydrogens (tertiary/aromatic N) is 3. The van der Waals surface area contributed by atoms with Crippen molar-refractivity contribution in [3.8, 4) is 0 Å². The molecule has 1 N–H and O–H groups in total. The first-order chi connectivity index (χ1) is 13.1. The van der Waals surface area contributed by atoms with E-state index in [0.717, 1.165) is 37.4 Å².